The van der Waals surface area contributed by atoms with Crippen LogP contribution in [0.3, 0.4) is 0 Å². The van der Waals surface area contributed by atoms with Crippen molar-refractivity contribution in [3.05, 3.63) is 53.3 Å². The van der Waals surface area contributed by atoms with Crippen LogP contribution in [0.1, 0.15) is 17.0 Å². The SMILES string of the molecule is COc1ccc(CN2CCOc3ccc(C)nc3C2)cc1. The van der Waals surface area contributed by atoms with Crippen molar-refractivity contribution in [1.29, 1.82) is 0 Å². The summed E-state index contributed by atoms with van der Waals surface area (Å²) in [5, 5.41) is 0. The highest BCUT2D eigenvalue weighted by atomic mass is 16.5. The minimum atomic E-state index is 0.702. The molecule has 0 unspecified atom stereocenters. The Labute approximate surface area is 125 Å². The van der Waals surface area contributed by atoms with Gasteiger partial charge in [-0.15, -0.1) is 0 Å². The van der Waals surface area contributed by atoms with Crippen molar-refractivity contribution in [2.24, 2.45) is 0 Å². The molecule has 0 saturated heterocycles. The zero-order valence-corrected chi connectivity index (χ0v) is 12.5. The van der Waals surface area contributed by atoms with Crippen LogP contribution in [0.4, 0.5) is 0 Å². The fourth-order valence-corrected chi connectivity index (χ4v) is 2.54. The van der Waals surface area contributed by atoms with Gasteiger partial charge in [-0.25, -0.2) is 0 Å². The van der Waals surface area contributed by atoms with Crippen molar-refractivity contribution in [3.8, 4) is 11.5 Å². The van der Waals surface area contributed by atoms with Crippen LogP contribution in [0.5, 0.6) is 11.5 Å². The Morgan fingerprint density at radius 2 is 2.00 bits per heavy atom. The van der Waals surface area contributed by atoms with Gasteiger partial charge in [-0.1, -0.05) is 12.1 Å². The number of methoxy groups -OCH3 is 1. The van der Waals surface area contributed by atoms with Crippen molar-refractivity contribution in [1.82, 2.24) is 9.88 Å². The fraction of sp³-hybridized carbons (Fsp3) is 0.353. The molecule has 2 heterocycles. The lowest BCUT2D eigenvalue weighted by Gasteiger charge is -2.19. The van der Waals surface area contributed by atoms with E-state index in [1.165, 1.54) is 5.56 Å². The lowest BCUT2D eigenvalue weighted by atomic mass is 10.2. The summed E-state index contributed by atoms with van der Waals surface area (Å²) in [6, 6.07) is 12.2. The molecule has 3 rings (SSSR count). The topological polar surface area (TPSA) is 34.6 Å². The number of aryl methyl sites for hydroxylation is 1. The Balaban J connectivity index is 1.73. The van der Waals surface area contributed by atoms with Crippen LogP contribution in [-0.2, 0) is 13.1 Å². The molecule has 1 aliphatic rings. The Kier molecular flexibility index (Phi) is 4.06. The van der Waals surface area contributed by atoms with Crippen molar-refractivity contribution >= 4 is 0 Å². The summed E-state index contributed by atoms with van der Waals surface area (Å²) < 4.78 is 11.0. The molecule has 4 nitrogen and oxygen atoms in total. The molecule has 1 aromatic carbocycles. The maximum atomic E-state index is 5.78. The van der Waals surface area contributed by atoms with Crippen LogP contribution in [0, 0.1) is 6.92 Å². The smallest absolute Gasteiger partial charge is 0.142 e. The van der Waals surface area contributed by atoms with Crippen LogP contribution >= 0.6 is 0 Å². The Morgan fingerprint density at radius 1 is 1.19 bits per heavy atom. The maximum absolute atomic E-state index is 5.78. The minimum Gasteiger partial charge on any atom is -0.497 e. The van der Waals surface area contributed by atoms with E-state index in [2.05, 4.69) is 22.0 Å². The highest BCUT2D eigenvalue weighted by Crippen LogP contribution is 2.23. The summed E-state index contributed by atoms with van der Waals surface area (Å²) in [7, 11) is 1.69. The number of ether oxygens (including phenoxy) is 2. The van der Waals surface area contributed by atoms with Gasteiger partial charge >= 0.3 is 0 Å². The molecule has 1 aromatic heterocycles. The largest absolute Gasteiger partial charge is 0.497 e. The van der Waals surface area contributed by atoms with E-state index < -0.39 is 0 Å². The maximum Gasteiger partial charge on any atom is 0.142 e. The second kappa shape index (κ2) is 6.14. The average Bonchev–Trinajstić information content (AvgIpc) is 2.69. The number of rotatable bonds is 3. The standard InChI is InChI=1S/C17H20N2O2/c1-13-3-8-17-16(18-13)12-19(9-10-21-17)11-14-4-6-15(20-2)7-5-14/h3-8H,9-12H2,1-2H3. The first-order valence-corrected chi connectivity index (χ1v) is 7.19. The molecule has 0 amide bonds. The normalized spacial score (nSPS) is 15.0. The molecule has 21 heavy (non-hydrogen) atoms. The van der Waals surface area contributed by atoms with Gasteiger partial charge in [-0.05, 0) is 36.8 Å². The van der Waals surface area contributed by atoms with E-state index in [0.29, 0.717) is 6.61 Å². The molecule has 0 fully saturated rings. The Hall–Kier alpha value is -2.07. The lowest BCUT2D eigenvalue weighted by Crippen LogP contribution is -2.25. The third-order valence-electron chi connectivity index (χ3n) is 3.68. The average molecular weight is 284 g/mol. The first-order valence-electron chi connectivity index (χ1n) is 7.19. The number of benzene rings is 1. The predicted molar refractivity (Wildman–Crippen MR) is 81.6 cm³/mol. The molecule has 0 atom stereocenters. The van der Waals surface area contributed by atoms with E-state index in [-0.39, 0.29) is 0 Å². The van der Waals surface area contributed by atoms with Gasteiger partial charge in [0.05, 0.1) is 12.8 Å². The number of nitrogens with zero attached hydrogens (tertiary/aromatic N) is 2. The molecule has 4 heteroatoms. The molecule has 0 spiro atoms. The number of hydrogen-bond acceptors (Lipinski definition) is 4. The quantitative estimate of drug-likeness (QED) is 0.868. The minimum absolute atomic E-state index is 0.702. The summed E-state index contributed by atoms with van der Waals surface area (Å²) in [5.74, 6) is 1.80. The third kappa shape index (κ3) is 3.34. The van der Waals surface area contributed by atoms with E-state index in [4.69, 9.17) is 9.47 Å². The van der Waals surface area contributed by atoms with Crippen LogP contribution in [0.2, 0.25) is 0 Å². The molecule has 0 saturated carbocycles. The molecule has 0 aliphatic carbocycles. The monoisotopic (exact) mass is 284 g/mol. The number of pyridine rings is 1. The predicted octanol–water partition coefficient (Wildman–Crippen LogP) is 2.79. The second-order valence-corrected chi connectivity index (χ2v) is 5.30. The van der Waals surface area contributed by atoms with Gasteiger partial charge in [0.15, 0.2) is 0 Å². The van der Waals surface area contributed by atoms with Gasteiger partial charge < -0.3 is 9.47 Å². The van der Waals surface area contributed by atoms with Crippen LogP contribution in [-0.4, -0.2) is 30.1 Å². The van der Waals surface area contributed by atoms with E-state index in [1.54, 1.807) is 7.11 Å². The molecule has 1 aliphatic heterocycles. The molecular weight excluding hydrogens is 264 g/mol. The van der Waals surface area contributed by atoms with Crippen LogP contribution < -0.4 is 9.47 Å². The van der Waals surface area contributed by atoms with Crippen molar-refractivity contribution in [2.75, 3.05) is 20.3 Å². The van der Waals surface area contributed by atoms with Crippen molar-refractivity contribution < 1.29 is 9.47 Å². The second-order valence-electron chi connectivity index (χ2n) is 5.30. The zero-order valence-electron chi connectivity index (χ0n) is 12.5. The Bertz CT molecular complexity index is 611. The van der Waals surface area contributed by atoms with Gasteiger partial charge in [-0.2, -0.15) is 0 Å². The number of hydrogen-bond donors (Lipinski definition) is 0. The third-order valence-corrected chi connectivity index (χ3v) is 3.68. The van der Waals surface area contributed by atoms with E-state index in [9.17, 15) is 0 Å². The number of fused-ring (bicyclic) bond motifs is 1. The van der Waals surface area contributed by atoms with Gasteiger partial charge in [-0.3, -0.25) is 9.88 Å². The van der Waals surface area contributed by atoms with Gasteiger partial charge in [0.2, 0.25) is 0 Å². The van der Waals surface area contributed by atoms with E-state index in [0.717, 1.165) is 42.5 Å². The zero-order chi connectivity index (χ0) is 14.7. The summed E-state index contributed by atoms with van der Waals surface area (Å²) in [5.41, 5.74) is 3.33. The Morgan fingerprint density at radius 3 is 2.76 bits per heavy atom. The van der Waals surface area contributed by atoms with E-state index in [1.807, 2.05) is 31.2 Å². The highest BCUT2D eigenvalue weighted by Gasteiger charge is 2.16. The lowest BCUT2D eigenvalue weighted by molar-refractivity contribution is 0.219. The molecular formula is C17H20N2O2. The first kappa shape index (κ1) is 13.9. The fourth-order valence-electron chi connectivity index (χ4n) is 2.54. The van der Waals surface area contributed by atoms with Gasteiger partial charge in [0.1, 0.15) is 18.1 Å². The summed E-state index contributed by atoms with van der Waals surface area (Å²) >= 11 is 0. The van der Waals surface area contributed by atoms with Crippen LogP contribution in [0.25, 0.3) is 0 Å². The van der Waals surface area contributed by atoms with Crippen LogP contribution in [0.15, 0.2) is 36.4 Å². The first-order chi connectivity index (χ1) is 10.2. The van der Waals surface area contributed by atoms with E-state index >= 15 is 0 Å². The summed E-state index contributed by atoms with van der Waals surface area (Å²) in [6.45, 7) is 5.33. The molecule has 2 aromatic rings. The molecule has 0 N–H and O–H groups in total. The van der Waals surface area contributed by atoms with Crippen molar-refractivity contribution in [2.45, 2.75) is 20.0 Å². The highest BCUT2D eigenvalue weighted by molar-refractivity contribution is 5.30. The van der Waals surface area contributed by atoms with Gasteiger partial charge in [0.25, 0.3) is 0 Å². The van der Waals surface area contributed by atoms with Gasteiger partial charge in [0, 0.05) is 25.3 Å². The summed E-state index contributed by atoms with van der Waals surface area (Å²) in [6.07, 6.45) is 0. The summed E-state index contributed by atoms with van der Waals surface area (Å²) in [4.78, 5) is 6.97. The molecule has 0 radical (unpaired) electrons. The molecule has 110 valence electrons. The number of aromatic nitrogens is 1. The molecule has 0 bridgehead atoms. The van der Waals surface area contributed by atoms with Crippen molar-refractivity contribution in [3.63, 3.8) is 0 Å².